The second-order valence-corrected chi connectivity index (χ2v) is 6.12. The van der Waals surface area contributed by atoms with Gasteiger partial charge in [0.05, 0.1) is 5.54 Å². The maximum absolute atomic E-state index is 12.9. The summed E-state index contributed by atoms with van der Waals surface area (Å²) in [5, 5.41) is 0. The molecule has 0 bridgehead atoms. The van der Waals surface area contributed by atoms with Crippen LogP contribution in [0.15, 0.2) is 0 Å². The van der Waals surface area contributed by atoms with Crippen molar-refractivity contribution in [3.05, 3.63) is 0 Å². The van der Waals surface area contributed by atoms with E-state index in [-0.39, 0.29) is 5.54 Å². The van der Waals surface area contributed by atoms with Gasteiger partial charge in [-0.05, 0) is 58.5 Å². The summed E-state index contributed by atoms with van der Waals surface area (Å²) < 4.78 is 0. The van der Waals surface area contributed by atoms with E-state index in [4.69, 9.17) is 0 Å². The lowest BCUT2D eigenvalue weighted by Gasteiger charge is -2.41. The molecule has 0 amide bonds. The molecule has 0 aromatic heterocycles. The Morgan fingerprint density at radius 2 is 1.56 bits per heavy atom. The van der Waals surface area contributed by atoms with Crippen LogP contribution in [0.1, 0.15) is 65.7 Å². The number of hydrogen-bond acceptors (Lipinski definition) is 2. The van der Waals surface area contributed by atoms with Crippen molar-refractivity contribution in [2.45, 2.75) is 71.3 Å². The van der Waals surface area contributed by atoms with E-state index in [0.29, 0.717) is 11.7 Å². The Morgan fingerprint density at radius 3 is 1.89 bits per heavy atom. The van der Waals surface area contributed by atoms with Crippen molar-refractivity contribution in [1.82, 2.24) is 4.90 Å². The maximum atomic E-state index is 12.9. The maximum Gasteiger partial charge on any atom is 0.156 e. The number of carbonyl (C=O) groups excluding carboxylic acids is 1. The van der Waals surface area contributed by atoms with Gasteiger partial charge >= 0.3 is 0 Å². The average Bonchev–Trinajstić information content (AvgIpc) is 2.40. The Balaban J connectivity index is 2.73. The Bertz CT molecular complexity index is 260. The molecule has 0 spiro atoms. The summed E-state index contributed by atoms with van der Waals surface area (Å²) >= 11 is 0. The van der Waals surface area contributed by atoms with Gasteiger partial charge in [0.2, 0.25) is 0 Å². The van der Waals surface area contributed by atoms with E-state index in [1.807, 2.05) is 0 Å². The highest BCUT2D eigenvalue weighted by Crippen LogP contribution is 2.36. The molecule has 0 saturated heterocycles. The minimum Gasteiger partial charge on any atom is -0.297 e. The molecule has 0 heterocycles. The summed E-state index contributed by atoms with van der Waals surface area (Å²) in [5.74, 6) is 1.69. The number of rotatable bonds is 6. The summed E-state index contributed by atoms with van der Waals surface area (Å²) in [4.78, 5) is 15.0. The number of hydrogen-bond donors (Lipinski definition) is 0. The number of ketones is 1. The van der Waals surface area contributed by atoms with Crippen LogP contribution < -0.4 is 0 Å². The van der Waals surface area contributed by atoms with Crippen molar-refractivity contribution in [1.29, 1.82) is 0 Å². The SMILES string of the molecule is CCC1CCC(C(=O)C(CC)(CC)N(C)C)CC1. The molecular formula is C16H31NO. The molecule has 1 rings (SSSR count). The first kappa shape index (κ1) is 15.7. The van der Waals surface area contributed by atoms with Crippen LogP contribution >= 0.6 is 0 Å². The van der Waals surface area contributed by atoms with Gasteiger partial charge in [0.15, 0.2) is 5.78 Å². The molecule has 106 valence electrons. The lowest BCUT2D eigenvalue weighted by Crippen LogP contribution is -2.53. The highest BCUT2D eigenvalue weighted by molar-refractivity contribution is 5.90. The van der Waals surface area contributed by atoms with Crippen LogP contribution in [0.2, 0.25) is 0 Å². The molecule has 2 heteroatoms. The van der Waals surface area contributed by atoms with E-state index >= 15 is 0 Å². The van der Waals surface area contributed by atoms with Gasteiger partial charge in [-0.1, -0.05) is 27.2 Å². The second kappa shape index (κ2) is 6.70. The summed E-state index contributed by atoms with van der Waals surface area (Å²) in [7, 11) is 4.12. The topological polar surface area (TPSA) is 20.3 Å². The third-order valence-electron chi connectivity index (χ3n) is 5.28. The van der Waals surface area contributed by atoms with Crippen LogP contribution in [-0.2, 0) is 4.79 Å². The van der Waals surface area contributed by atoms with Crippen LogP contribution in [0, 0.1) is 11.8 Å². The summed E-state index contributed by atoms with van der Waals surface area (Å²) in [5.41, 5.74) is -0.219. The van der Waals surface area contributed by atoms with E-state index < -0.39 is 0 Å². The van der Waals surface area contributed by atoms with Crippen LogP contribution in [0.3, 0.4) is 0 Å². The molecule has 1 saturated carbocycles. The number of nitrogens with zero attached hydrogens (tertiary/aromatic N) is 1. The predicted molar refractivity (Wildman–Crippen MR) is 77.7 cm³/mol. The molecule has 0 N–H and O–H groups in total. The van der Waals surface area contributed by atoms with Crippen LogP contribution in [0.5, 0.6) is 0 Å². The Morgan fingerprint density at radius 1 is 1.06 bits per heavy atom. The molecule has 18 heavy (non-hydrogen) atoms. The largest absolute Gasteiger partial charge is 0.297 e. The lowest BCUT2D eigenvalue weighted by molar-refractivity contribution is -0.135. The minimum absolute atomic E-state index is 0.219. The van der Waals surface area contributed by atoms with Gasteiger partial charge in [-0.25, -0.2) is 0 Å². The van der Waals surface area contributed by atoms with Gasteiger partial charge in [0.25, 0.3) is 0 Å². The minimum atomic E-state index is -0.219. The Kier molecular flexibility index (Phi) is 5.84. The smallest absolute Gasteiger partial charge is 0.156 e. The van der Waals surface area contributed by atoms with Gasteiger partial charge < -0.3 is 0 Å². The third kappa shape index (κ3) is 2.96. The first-order chi connectivity index (χ1) is 8.51. The standard InChI is InChI=1S/C16H31NO/c1-6-13-9-11-14(12-10-13)15(18)16(7-2,8-3)17(4)5/h13-14H,6-12H2,1-5H3. The molecule has 1 fully saturated rings. The third-order valence-corrected chi connectivity index (χ3v) is 5.28. The van der Waals surface area contributed by atoms with Crippen molar-refractivity contribution in [3.8, 4) is 0 Å². The fraction of sp³-hybridized carbons (Fsp3) is 0.938. The first-order valence-electron chi connectivity index (χ1n) is 7.73. The van der Waals surface area contributed by atoms with Gasteiger partial charge in [-0.15, -0.1) is 0 Å². The van der Waals surface area contributed by atoms with Gasteiger partial charge in [-0.2, -0.15) is 0 Å². The van der Waals surface area contributed by atoms with Gasteiger partial charge in [-0.3, -0.25) is 9.69 Å². The van der Waals surface area contributed by atoms with E-state index in [2.05, 4.69) is 39.8 Å². The molecule has 0 aromatic carbocycles. The fourth-order valence-corrected chi connectivity index (χ4v) is 3.66. The molecule has 0 unspecified atom stereocenters. The van der Waals surface area contributed by atoms with E-state index in [9.17, 15) is 4.79 Å². The van der Waals surface area contributed by atoms with E-state index in [1.165, 1.54) is 19.3 Å². The van der Waals surface area contributed by atoms with Crippen LogP contribution in [0.25, 0.3) is 0 Å². The second-order valence-electron chi connectivity index (χ2n) is 6.12. The molecular weight excluding hydrogens is 222 g/mol. The molecule has 2 nitrogen and oxygen atoms in total. The van der Waals surface area contributed by atoms with E-state index in [0.717, 1.165) is 31.6 Å². The molecule has 0 aromatic rings. The Hall–Kier alpha value is -0.370. The zero-order valence-corrected chi connectivity index (χ0v) is 13.0. The number of likely N-dealkylation sites (N-methyl/N-ethyl adjacent to an activating group) is 1. The fourth-order valence-electron chi connectivity index (χ4n) is 3.66. The molecule has 0 radical (unpaired) electrons. The number of carbonyl (C=O) groups is 1. The van der Waals surface area contributed by atoms with Crippen molar-refractivity contribution >= 4 is 5.78 Å². The lowest BCUT2D eigenvalue weighted by atomic mass is 9.72. The molecule has 0 atom stereocenters. The monoisotopic (exact) mass is 253 g/mol. The van der Waals surface area contributed by atoms with Crippen LogP contribution in [-0.4, -0.2) is 30.3 Å². The predicted octanol–water partition coefficient (Wildman–Crippen LogP) is 3.89. The van der Waals surface area contributed by atoms with Crippen molar-refractivity contribution < 1.29 is 4.79 Å². The van der Waals surface area contributed by atoms with Crippen molar-refractivity contribution in [2.24, 2.45) is 11.8 Å². The molecule has 1 aliphatic carbocycles. The number of Topliss-reactive ketones (excluding diaryl/α,β-unsaturated/α-hetero) is 1. The molecule has 0 aliphatic heterocycles. The summed E-state index contributed by atoms with van der Waals surface area (Å²) in [6.07, 6.45) is 7.89. The van der Waals surface area contributed by atoms with E-state index in [1.54, 1.807) is 0 Å². The highest BCUT2D eigenvalue weighted by atomic mass is 16.1. The van der Waals surface area contributed by atoms with Gasteiger partial charge in [0, 0.05) is 5.92 Å². The summed E-state index contributed by atoms with van der Waals surface area (Å²) in [6.45, 7) is 6.58. The first-order valence-corrected chi connectivity index (χ1v) is 7.73. The van der Waals surface area contributed by atoms with Crippen LogP contribution in [0.4, 0.5) is 0 Å². The normalized spacial score (nSPS) is 25.4. The van der Waals surface area contributed by atoms with Crippen molar-refractivity contribution in [2.75, 3.05) is 14.1 Å². The zero-order valence-electron chi connectivity index (χ0n) is 13.0. The quantitative estimate of drug-likeness (QED) is 0.715. The Labute approximate surface area is 113 Å². The van der Waals surface area contributed by atoms with Gasteiger partial charge in [0.1, 0.15) is 0 Å². The molecule has 1 aliphatic rings. The zero-order chi connectivity index (χ0) is 13.8. The van der Waals surface area contributed by atoms with Crippen molar-refractivity contribution in [3.63, 3.8) is 0 Å². The summed E-state index contributed by atoms with van der Waals surface area (Å²) in [6, 6.07) is 0. The highest BCUT2D eigenvalue weighted by Gasteiger charge is 2.41. The average molecular weight is 253 g/mol.